The summed E-state index contributed by atoms with van der Waals surface area (Å²) in [5.74, 6) is 0.646. The number of hydrogen-bond donors (Lipinski definition) is 1. The Labute approximate surface area is 149 Å². The number of hydrogen-bond acceptors (Lipinski definition) is 6. The van der Waals surface area contributed by atoms with Crippen molar-refractivity contribution in [3.63, 3.8) is 0 Å². The molecule has 2 amide bonds. The van der Waals surface area contributed by atoms with Crippen LogP contribution in [0.4, 0.5) is 0 Å². The fraction of sp³-hybridized carbons (Fsp3) is 0.529. The lowest BCUT2D eigenvalue weighted by atomic mass is 10.1. The number of aromatic nitrogens is 2. The smallest absolute Gasteiger partial charge is 0.268 e. The summed E-state index contributed by atoms with van der Waals surface area (Å²) in [6.45, 7) is 4.91. The molecule has 8 heteroatoms. The van der Waals surface area contributed by atoms with Gasteiger partial charge in [0, 0.05) is 6.54 Å². The van der Waals surface area contributed by atoms with Crippen LogP contribution in [0.5, 0.6) is 0 Å². The van der Waals surface area contributed by atoms with E-state index in [4.69, 9.17) is 0 Å². The van der Waals surface area contributed by atoms with E-state index in [2.05, 4.69) is 23.8 Å². The largest absolute Gasteiger partial charge is 0.308 e. The van der Waals surface area contributed by atoms with Crippen molar-refractivity contribution in [2.24, 2.45) is 5.92 Å². The van der Waals surface area contributed by atoms with Gasteiger partial charge in [0.15, 0.2) is 0 Å². The Bertz CT molecular complexity index is 857. The number of imide groups is 1. The highest BCUT2D eigenvalue weighted by molar-refractivity contribution is 7.17. The molecule has 1 atom stereocenters. The molecule has 0 spiro atoms. The molecule has 0 aliphatic carbocycles. The lowest BCUT2D eigenvalue weighted by molar-refractivity contribution is -0.139. The van der Waals surface area contributed by atoms with Crippen LogP contribution in [0.2, 0.25) is 0 Å². The summed E-state index contributed by atoms with van der Waals surface area (Å²) in [5, 5.41) is 1.83. The molecule has 1 saturated heterocycles. The van der Waals surface area contributed by atoms with Gasteiger partial charge in [-0.25, -0.2) is 4.98 Å². The summed E-state index contributed by atoms with van der Waals surface area (Å²) < 4.78 is 0.596. The average molecular weight is 362 g/mol. The summed E-state index contributed by atoms with van der Waals surface area (Å²) in [7, 11) is 1.78. The van der Waals surface area contributed by atoms with Gasteiger partial charge in [0.1, 0.15) is 10.5 Å². The van der Waals surface area contributed by atoms with Gasteiger partial charge in [0.05, 0.1) is 24.5 Å². The van der Waals surface area contributed by atoms with Crippen LogP contribution in [0.25, 0.3) is 10.2 Å². The topological polar surface area (TPSA) is 86.4 Å². The molecule has 0 saturated carbocycles. The van der Waals surface area contributed by atoms with Crippen LogP contribution >= 0.6 is 11.3 Å². The van der Waals surface area contributed by atoms with E-state index in [0.717, 1.165) is 6.42 Å². The number of carbonyl (C=O) groups is 2. The second-order valence-electron chi connectivity index (χ2n) is 6.85. The normalized spacial score (nSPS) is 18.3. The number of fused-ring (bicyclic) bond motifs is 1. The van der Waals surface area contributed by atoms with Crippen molar-refractivity contribution in [3.8, 4) is 0 Å². The molecule has 2 aromatic rings. The minimum absolute atomic E-state index is 0.128. The maximum atomic E-state index is 12.6. The van der Waals surface area contributed by atoms with Gasteiger partial charge in [0.2, 0.25) is 11.8 Å². The van der Waals surface area contributed by atoms with Gasteiger partial charge < -0.3 is 4.98 Å². The average Bonchev–Trinajstić information content (AvgIpc) is 3.10. The van der Waals surface area contributed by atoms with Crippen molar-refractivity contribution in [1.82, 2.24) is 19.8 Å². The Hall–Kier alpha value is -2.06. The van der Waals surface area contributed by atoms with E-state index >= 15 is 0 Å². The number of nitrogens with one attached hydrogen (secondary N) is 1. The van der Waals surface area contributed by atoms with Crippen LogP contribution < -0.4 is 5.56 Å². The van der Waals surface area contributed by atoms with Gasteiger partial charge in [0.25, 0.3) is 5.56 Å². The predicted octanol–water partition coefficient (Wildman–Crippen LogP) is 1.59. The molecule has 0 radical (unpaired) electrons. The fourth-order valence-electron chi connectivity index (χ4n) is 2.98. The van der Waals surface area contributed by atoms with Gasteiger partial charge in [-0.05, 0) is 30.8 Å². The number of nitrogens with zero attached hydrogens (tertiary/aromatic N) is 3. The van der Waals surface area contributed by atoms with Crippen molar-refractivity contribution >= 4 is 33.4 Å². The van der Waals surface area contributed by atoms with E-state index in [1.54, 1.807) is 18.0 Å². The van der Waals surface area contributed by atoms with Crippen LogP contribution in [0.1, 0.15) is 32.5 Å². The summed E-state index contributed by atoms with van der Waals surface area (Å²) in [6.07, 6.45) is 0.982. The van der Waals surface area contributed by atoms with Gasteiger partial charge >= 0.3 is 0 Å². The molecule has 0 aromatic carbocycles. The van der Waals surface area contributed by atoms with E-state index < -0.39 is 6.04 Å². The molecule has 25 heavy (non-hydrogen) atoms. The van der Waals surface area contributed by atoms with Crippen molar-refractivity contribution in [2.45, 2.75) is 39.3 Å². The van der Waals surface area contributed by atoms with E-state index in [0.29, 0.717) is 35.0 Å². The van der Waals surface area contributed by atoms with Crippen LogP contribution in [0, 0.1) is 5.92 Å². The Balaban J connectivity index is 1.72. The first-order valence-electron chi connectivity index (χ1n) is 8.37. The van der Waals surface area contributed by atoms with Crippen LogP contribution in [0.3, 0.4) is 0 Å². The lowest BCUT2D eigenvalue weighted by Crippen LogP contribution is -2.40. The monoisotopic (exact) mass is 362 g/mol. The van der Waals surface area contributed by atoms with Crippen molar-refractivity contribution in [2.75, 3.05) is 13.6 Å². The van der Waals surface area contributed by atoms with E-state index in [1.807, 2.05) is 5.38 Å². The number of likely N-dealkylation sites (tertiary alicyclic amines) is 1. The molecule has 1 N–H and O–H groups in total. The molecule has 3 heterocycles. The van der Waals surface area contributed by atoms with Crippen molar-refractivity contribution in [3.05, 3.63) is 27.6 Å². The Morgan fingerprint density at radius 1 is 1.40 bits per heavy atom. The standard InChI is InChI=1S/C17H22N4O3S/c1-10(2)4-6-21-14(22)8-12(17(21)24)20(3)9-13-18-11-5-7-25-15(11)16(23)19-13/h5,7,10,12H,4,6,8-9H2,1-3H3,(H,18,19,23)/t12-/m1/s1. The van der Waals surface area contributed by atoms with Crippen LogP contribution in [-0.2, 0) is 16.1 Å². The zero-order chi connectivity index (χ0) is 18.1. The minimum atomic E-state index is -0.497. The van der Waals surface area contributed by atoms with Gasteiger partial charge in [-0.15, -0.1) is 11.3 Å². The molecule has 0 bridgehead atoms. The molecule has 1 fully saturated rings. The van der Waals surface area contributed by atoms with E-state index in [1.165, 1.54) is 16.2 Å². The highest BCUT2D eigenvalue weighted by atomic mass is 32.1. The zero-order valence-electron chi connectivity index (χ0n) is 14.6. The first-order valence-corrected chi connectivity index (χ1v) is 9.25. The number of amides is 2. The Morgan fingerprint density at radius 2 is 2.16 bits per heavy atom. The first-order chi connectivity index (χ1) is 11.9. The number of aromatic amines is 1. The summed E-state index contributed by atoms with van der Waals surface area (Å²) in [5.41, 5.74) is 0.486. The SMILES string of the molecule is CC(C)CCN1C(=O)C[C@@H](N(C)Cc2nc3ccsc3c(=O)[nH]2)C1=O. The van der Waals surface area contributed by atoms with E-state index in [-0.39, 0.29) is 23.8 Å². The molecule has 7 nitrogen and oxygen atoms in total. The van der Waals surface area contributed by atoms with Gasteiger partial charge in [-0.1, -0.05) is 13.8 Å². The minimum Gasteiger partial charge on any atom is -0.308 e. The third-order valence-electron chi connectivity index (χ3n) is 4.45. The predicted molar refractivity (Wildman–Crippen MR) is 96.3 cm³/mol. The molecule has 3 rings (SSSR count). The lowest BCUT2D eigenvalue weighted by Gasteiger charge is -2.22. The molecular weight excluding hydrogens is 340 g/mol. The van der Waals surface area contributed by atoms with Gasteiger partial charge in [-0.3, -0.25) is 24.2 Å². The quantitative estimate of drug-likeness (QED) is 0.789. The van der Waals surface area contributed by atoms with Crippen LogP contribution in [0.15, 0.2) is 16.2 Å². The summed E-state index contributed by atoms with van der Waals surface area (Å²) in [4.78, 5) is 47.1. The second-order valence-corrected chi connectivity index (χ2v) is 7.76. The zero-order valence-corrected chi connectivity index (χ0v) is 15.4. The van der Waals surface area contributed by atoms with Crippen molar-refractivity contribution < 1.29 is 9.59 Å². The molecule has 0 unspecified atom stereocenters. The molecule has 134 valence electrons. The third kappa shape index (κ3) is 3.64. The fourth-order valence-corrected chi connectivity index (χ4v) is 3.70. The summed E-state index contributed by atoms with van der Waals surface area (Å²) in [6, 6.07) is 1.31. The number of thiophene rings is 1. The number of rotatable bonds is 6. The second kappa shape index (κ2) is 7.05. The van der Waals surface area contributed by atoms with Crippen molar-refractivity contribution in [1.29, 1.82) is 0 Å². The maximum absolute atomic E-state index is 12.6. The Morgan fingerprint density at radius 3 is 2.88 bits per heavy atom. The number of carbonyl (C=O) groups excluding carboxylic acids is 2. The van der Waals surface area contributed by atoms with Crippen LogP contribution in [-0.4, -0.2) is 51.2 Å². The van der Waals surface area contributed by atoms with E-state index in [9.17, 15) is 14.4 Å². The summed E-state index contributed by atoms with van der Waals surface area (Å²) >= 11 is 1.35. The molecule has 1 aliphatic rings. The Kier molecular flexibility index (Phi) is 5.01. The highest BCUT2D eigenvalue weighted by Crippen LogP contribution is 2.20. The maximum Gasteiger partial charge on any atom is 0.268 e. The molecular formula is C17H22N4O3S. The van der Waals surface area contributed by atoms with Gasteiger partial charge in [-0.2, -0.15) is 0 Å². The number of likely N-dealkylation sites (N-methyl/N-ethyl adjacent to an activating group) is 1. The third-order valence-corrected chi connectivity index (χ3v) is 5.35. The highest BCUT2D eigenvalue weighted by Gasteiger charge is 2.40. The first kappa shape index (κ1) is 17.8. The molecule has 1 aliphatic heterocycles. The number of H-pyrrole nitrogens is 1. The molecule has 2 aromatic heterocycles.